The Bertz CT molecular complexity index is 1910. The second-order valence-corrected chi connectivity index (χ2v) is 32.4. The zero-order chi connectivity index (χ0) is 71.7. The Morgan fingerprint density at radius 2 is 0.495 bits per heavy atom. The van der Waals surface area contributed by atoms with Gasteiger partial charge < -0.3 is 33.8 Å². The molecular formula is C78H152O17P2. The molecule has 0 aromatic carbocycles. The van der Waals surface area contributed by atoms with Crippen LogP contribution in [0.4, 0.5) is 0 Å². The van der Waals surface area contributed by atoms with Gasteiger partial charge in [0.25, 0.3) is 0 Å². The molecule has 0 amide bonds. The van der Waals surface area contributed by atoms with Gasteiger partial charge in [0.1, 0.15) is 19.3 Å². The fourth-order valence-corrected chi connectivity index (χ4v) is 13.4. The Balaban J connectivity index is 5.18. The molecule has 0 rings (SSSR count). The number of ether oxygens (including phenoxy) is 4. The van der Waals surface area contributed by atoms with E-state index in [-0.39, 0.29) is 25.7 Å². The Morgan fingerprint density at radius 1 is 0.289 bits per heavy atom. The number of rotatable bonds is 75. The van der Waals surface area contributed by atoms with Crippen LogP contribution in [0.2, 0.25) is 0 Å². The summed E-state index contributed by atoms with van der Waals surface area (Å²) < 4.78 is 68.5. The third-order valence-corrected chi connectivity index (χ3v) is 20.7. The number of esters is 4. The first-order valence-corrected chi connectivity index (χ1v) is 43.3. The molecule has 0 aliphatic carbocycles. The third-order valence-electron chi connectivity index (χ3n) is 18.8. The number of aliphatic hydroxyl groups is 1. The minimum atomic E-state index is -4.96. The van der Waals surface area contributed by atoms with Gasteiger partial charge in [-0.1, -0.05) is 344 Å². The number of carbonyl (C=O) groups excluding carboxylic acids is 4. The Kier molecular flexibility index (Phi) is 65.9. The summed E-state index contributed by atoms with van der Waals surface area (Å²) in [6.07, 6.45) is 53.1. The van der Waals surface area contributed by atoms with Gasteiger partial charge in [0, 0.05) is 25.7 Å². The smallest absolute Gasteiger partial charge is 0.462 e. The van der Waals surface area contributed by atoms with Gasteiger partial charge in [-0.2, -0.15) is 0 Å². The van der Waals surface area contributed by atoms with Crippen LogP contribution in [0.15, 0.2) is 0 Å². The van der Waals surface area contributed by atoms with Gasteiger partial charge in [-0.25, -0.2) is 9.13 Å². The van der Waals surface area contributed by atoms with Crippen LogP contribution >= 0.6 is 15.6 Å². The quantitative estimate of drug-likeness (QED) is 0.0222. The number of carbonyl (C=O) groups is 4. The van der Waals surface area contributed by atoms with E-state index in [0.717, 1.165) is 114 Å². The molecule has 0 saturated carbocycles. The summed E-state index contributed by atoms with van der Waals surface area (Å²) in [6, 6.07) is 0. The number of unbranched alkanes of at least 4 members (excludes halogenated alkanes) is 39. The molecule has 0 aliphatic rings. The van der Waals surface area contributed by atoms with Crippen molar-refractivity contribution in [1.29, 1.82) is 0 Å². The molecule has 0 spiro atoms. The number of aliphatic hydroxyl groups excluding tert-OH is 1. The van der Waals surface area contributed by atoms with Crippen LogP contribution in [0, 0.1) is 23.7 Å². The molecule has 0 heterocycles. The van der Waals surface area contributed by atoms with E-state index in [2.05, 4.69) is 55.4 Å². The van der Waals surface area contributed by atoms with Crippen molar-refractivity contribution in [1.82, 2.24) is 0 Å². The molecule has 0 saturated heterocycles. The second kappa shape index (κ2) is 67.2. The van der Waals surface area contributed by atoms with Crippen LogP contribution in [0.3, 0.4) is 0 Å². The van der Waals surface area contributed by atoms with E-state index in [9.17, 15) is 43.2 Å². The van der Waals surface area contributed by atoms with Crippen molar-refractivity contribution in [3.05, 3.63) is 0 Å². The molecule has 19 heteroatoms. The van der Waals surface area contributed by atoms with Crippen LogP contribution in [0.5, 0.6) is 0 Å². The minimum absolute atomic E-state index is 0.101. The largest absolute Gasteiger partial charge is 0.472 e. The predicted octanol–water partition coefficient (Wildman–Crippen LogP) is 22.8. The van der Waals surface area contributed by atoms with Gasteiger partial charge in [0.15, 0.2) is 12.2 Å². The van der Waals surface area contributed by atoms with Crippen molar-refractivity contribution < 1.29 is 80.2 Å². The molecule has 7 atom stereocenters. The predicted molar refractivity (Wildman–Crippen MR) is 395 cm³/mol. The third kappa shape index (κ3) is 69.5. The van der Waals surface area contributed by atoms with E-state index in [4.69, 9.17) is 37.0 Å². The monoisotopic (exact) mass is 1420 g/mol. The van der Waals surface area contributed by atoms with Gasteiger partial charge in [-0.3, -0.25) is 37.3 Å². The highest BCUT2D eigenvalue weighted by Crippen LogP contribution is 2.45. The van der Waals surface area contributed by atoms with Crippen molar-refractivity contribution in [2.45, 2.75) is 414 Å². The van der Waals surface area contributed by atoms with E-state index in [1.54, 1.807) is 0 Å². The number of phosphoric acid groups is 2. The normalized spacial score (nSPS) is 14.6. The fraction of sp³-hybridized carbons (Fsp3) is 0.949. The molecule has 0 aromatic rings. The molecule has 0 radical (unpaired) electrons. The van der Waals surface area contributed by atoms with E-state index < -0.39 is 97.5 Å². The lowest BCUT2D eigenvalue weighted by Crippen LogP contribution is -2.30. The number of hydrogen-bond donors (Lipinski definition) is 3. The standard InChI is InChI=1S/C78H152O17P2/c1-9-70(7)56-48-40-31-27-23-19-15-13-11-12-14-16-20-25-29-33-44-52-60-77(82)94-73(64-88-75(80)58-50-42-32-28-24-21-17-18-22-26-30-38-46-54-68(3)4)66-92-96(84,85)90-62-72(79)63-91-97(86,87)93-67-74(95-78(83)61-53-45-36-34-39-47-55-69(5)6)65-89-76(81)59-51-43-37-35-41-49-57-71(8)10-2/h68-74,79H,9-67H2,1-8H3,(H,84,85)(H,86,87)/t70?,71?,72-,73-,74-/m1/s1. The summed E-state index contributed by atoms with van der Waals surface area (Å²) >= 11 is 0. The zero-order valence-corrected chi connectivity index (χ0v) is 65.5. The Labute approximate surface area is 594 Å². The summed E-state index contributed by atoms with van der Waals surface area (Å²) in [4.78, 5) is 72.8. The molecule has 4 unspecified atom stereocenters. The summed E-state index contributed by atoms with van der Waals surface area (Å²) in [5.41, 5.74) is 0. The average Bonchev–Trinajstić information content (AvgIpc) is 2.51. The summed E-state index contributed by atoms with van der Waals surface area (Å²) in [7, 11) is -9.91. The molecule has 97 heavy (non-hydrogen) atoms. The van der Waals surface area contributed by atoms with Crippen LogP contribution in [0.1, 0.15) is 396 Å². The SMILES string of the molecule is CCC(C)CCCCCCCCCCCCCCCCCCCCC(=O)O[C@H](COC(=O)CCCCCCCCCCCCCCCC(C)C)COP(=O)(O)OC[C@@H](O)COP(=O)(O)OC[C@@H](COC(=O)CCCCCCCCC(C)CC)OC(=O)CCCCCCCCC(C)C. The first-order chi connectivity index (χ1) is 46.7. The lowest BCUT2D eigenvalue weighted by molar-refractivity contribution is -0.161. The molecular weight excluding hydrogens is 1270 g/mol. The Morgan fingerprint density at radius 3 is 0.732 bits per heavy atom. The highest BCUT2D eigenvalue weighted by Gasteiger charge is 2.30. The topological polar surface area (TPSA) is 237 Å². The van der Waals surface area contributed by atoms with Gasteiger partial charge >= 0.3 is 39.5 Å². The maximum absolute atomic E-state index is 13.1. The maximum Gasteiger partial charge on any atom is 0.472 e. The summed E-state index contributed by atoms with van der Waals surface area (Å²) in [6.45, 7) is 14.2. The zero-order valence-electron chi connectivity index (χ0n) is 63.7. The van der Waals surface area contributed by atoms with Gasteiger partial charge in [0.2, 0.25) is 0 Å². The van der Waals surface area contributed by atoms with Crippen molar-refractivity contribution in [2.24, 2.45) is 23.7 Å². The van der Waals surface area contributed by atoms with Gasteiger partial charge in [-0.15, -0.1) is 0 Å². The van der Waals surface area contributed by atoms with Crippen molar-refractivity contribution >= 4 is 39.5 Å². The second-order valence-electron chi connectivity index (χ2n) is 29.5. The van der Waals surface area contributed by atoms with Gasteiger partial charge in [-0.05, 0) is 49.4 Å². The lowest BCUT2D eigenvalue weighted by Gasteiger charge is -2.21. The van der Waals surface area contributed by atoms with Gasteiger partial charge in [0.05, 0.1) is 26.4 Å². The number of phosphoric ester groups is 2. The Hall–Kier alpha value is -1.94. The van der Waals surface area contributed by atoms with E-state index in [0.29, 0.717) is 31.6 Å². The molecule has 576 valence electrons. The minimum Gasteiger partial charge on any atom is -0.462 e. The van der Waals surface area contributed by atoms with Crippen LogP contribution in [-0.4, -0.2) is 96.7 Å². The first-order valence-electron chi connectivity index (χ1n) is 40.3. The molecule has 0 fully saturated rings. The average molecular weight is 1420 g/mol. The van der Waals surface area contributed by atoms with E-state index in [1.165, 1.54) is 193 Å². The van der Waals surface area contributed by atoms with Crippen LogP contribution in [-0.2, 0) is 65.4 Å². The molecule has 0 bridgehead atoms. The van der Waals surface area contributed by atoms with Crippen LogP contribution < -0.4 is 0 Å². The van der Waals surface area contributed by atoms with Crippen molar-refractivity contribution in [3.8, 4) is 0 Å². The molecule has 17 nitrogen and oxygen atoms in total. The van der Waals surface area contributed by atoms with Crippen molar-refractivity contribution in [3.63, 3.8) is 0 Å². The van der Waals surface area contributed by atoms with Crippen molar-refractivity contribution in [2.75, 3.05) is 39.6 Å². The summed E-state index contributed by atoms with van der Waals surface area (Å²) in [5, 5.41) is 10.6. The van der Waals surface area contributed by atoms with E-state index >= 15 is 0 Å². The molecule has 0 aliphatic heterocycles. The van der Waals surface area contributed by atoms with Crippen LogP contribution in [0.25, 0.3) is 0 Å². The molecule has 0 aromatic heterocycles. The highest BCUT2D eigenvalue weighted by atomic mass is 31.2. The highest BCUT2D eigenvalue weighted by molar-refractivity contribution is 7.47. The molecule has 3 N–H and O–H groups in total. The number of hydrogen-bond acceptors (Lipinski definition) is 15. The lowest BCUT2D eigenvalue weighted by atomic mass is 9.99. The summed E-state index contributed by atoms with van der Waals surface area (Å²) in [5.74, 6) is 0.938. The maximum atomic E-state index is 13.1. The van der Waals surface area contributed by atoms with E-state index in [1.807, 2.05) is 0 Å². The fourth-order valence-electron chi connectivity index (χ4n) is 11.8. The first kappa shape index (κ1) is 95.1.